The molecular formula is C14H15NO6. The fourth-order valence-corrected chi connectivity index (χ4v) is 2.29. The summed E-state index contributed by atoms with van der Waals surface area (Å²) in [6, 6.07) is 0. The standard InChI is InChI=1S/C14H15NO6/c1-7-8(6-21-14(18)20-4)11-12(15(7)2)9(16)5-10(19-3)13(11)17/h5H,6H2,1-4H3. The van der Waals surface area contributed by atoms with Gasteiger partial charge in [-0.1, -0.05) is 0 Å². The molecule has 7 nitrogen and oxygen atoms in total. The number of rotatable bonds is 3. The van der Waals surface area contributed by atoms with E-state index in [1.165, 1.54) is 14.2 Å². The summed E-state index contributed by atoms with van der Waals surface area (Å²) in [5.41, 5.74) is 1.61. The van der Waals surface area contributed by atoms with Crippen LogP contribution in [0.4, 0.5) is 4.79 Å². The second-order valence-corrected chi connectivity index (χ2v) is 4.50. The van der Waals surface area contributed by atoms with E-state index in [2.05, 4.69) is 4.74 Å². The maximum atomic E-state index is 12.4. The van der Waals surface area contributed by atoms with Crippen molar-refractivity contribution in [1.82, 2.24) is 4.57 Å². The van der Waals surface area contributed by atoms with Crippen molar-refractivity contribution in [2.24, 2.45) is 7.05 Å². The summed E-state index contributed by atoms with van der Waals surface area (Å²) < 4.78 is 15.8. The third-order valence-corrected chi connectivity index (χ3v) is 3.48. The van der Waals surface area contributed by atoms with Crippen LogP contribution in [0.15, 0.2) is 11.8 Å². The molecule has 0 spiro atoms. The van der Waals surface area contributed by atoms with E-state index >= 15 is 0 Å². The molecule has 0 bridgehead atoms. The van der Waals surface area contributed by atoms with Crippen LogP contribution in [0.1, 0.15) is 32.1 Å². The van der Waals surface area contributed by atoms with Crippen LogP contribution in [0, 0.1) is 6.92 Å². The normalized spacial score (nSPS) is 13.6. The van der Waals surface area contributed by atoms with Crippen LogP contribution in [-0.4, -0.2) is 36.5 Å². The Morgan fingerprint density at radius 3 is 2.52 bits per heavy atom. The molecule has 112 valence electrons. The minimum Gasteiger partial charge on any atom is -0.492 e. The molecule has 1 aromatic rings. The lowest BCUT2D eigenvalue weighted by Crippen LogP contribution is -2.20. The largest absolute Gasteiger partial charge is 0.508 e. The fraction of sp³-hybridized carbons (Fsp3) is 0.357. The Balaban J connectivity index is 2.51. The Kier molecular flexibility index (Phi) is 3.84. The number of fused-ring (bicyclic) bond motifs is 1. The van der Waals surface area contributed by atoms with E-state index in [1.54, 1.807) is 18.5 Å². The first-order chi connectivity index (χ1) is 9.92. The number of hydrogen-bond donors (Lipinski definition) is 0. The summed E-state index contributed by atoms with van der Waals surface area (Å²) in [6.07, 6.45) is 0.304. The van der Waals surface area contributed by atoms with Crippen molar-refractivity contribution in [2.75, 3.05) is 14.2 Å². The molecule has 21 heavy (non-hydrogen) atoms. The second kappa shape index (κ2) is 5.43. The smallest absolute Gasteiger partial charge is 0.492 e. The van der Waals surface area contributed by atoms with E-state index in [0.717, 1.165) is 6.08 Å². The van der Waals surface area contributed by atoms with E-state index in [-0.39, 0.29) is 29.4 Å². The maximum Gasteiger partial charge on any atom is 0.508 e. The van der Waals surface area contributed by atoms with Gasteiger partial charge in [-0.2, -0.15) is 0 Å². The molecule has 0 N–H and O–H groups in total. The number of carbonyl (C=O) groups is 3. The van der Waals surface area contributed by atoms with E-state index in [9.17, 15) is 14.4 Å². The highest BCUT2D eigenvalue weighted by atomic mass is 16.7. The molecule has 0 unspecified atom stereocenters. The van der Waals surface area contributed by atoms with E-state index < -0.39 is 11.9 Å². The number of methoxy groups -OCH3 is 2. The zero-order valence-corrected chi connectivity index (χ0v) is 12.2. The van der Waals surface area contributed by atoms with Crippen molar-refractivity contribution in [2.45, 2.75) is 13.5 Å². The van der Waals surface area contributed by atoms with Crippen LogP contribution >= 0.6 is 0 Å². The monoisotopic (exact) mass is 293 g/mol. The first kappa shape index (κ1) is 14.8. The van der Waals surface area contributed by atoms with Gasteiger partial charge in [-0.05, 0) is 6.92 Å². The van der Waals surface area contributed by atoms with Crippen molar-refractivity contribution in [3.05, 3.63) is 34.3 Å². The van der Waals surface area contributed by atoms with Crippen LogP contribution in [-0.2, 0) is 27.9 Å². The van der Waals surface area contributed by atoms with Gasteiger partial charge in [0.05, 0.1) is 19.8 Å². The lowest BCUT2D eigenvalue weighted by molar-refractivity contribution is 0.0661. The van der Waals surface area contributed by atoms with Gasteiger partial charge in [-0.25, -0.2) is 4.79 Å². The second-order valence-electron chi connectivity index (χ2n) is 4.50. The molecule has 0 radical (unpaired) electrons. The molecule has 0 fully saturated rings. The molecule has 1 aliphatic rings. The van der Waals surface area contributed by atoms with Crippen LogP contribution in [0.5, 0.6) is 0 Å². The first-order valence-electron chi connectivity index (χ1n) is 6.16. The Labute approximate surface area is 121 Å². The van der Waals surface area contributed by atoms with Gasteiger partial charge in [-0.15, -0.1) is 0 Å². The first-order valence-corrected chi connectivity index (χ1v) is 6.16. The predicted octanol–water partition coefficient (Wildman–Crippen LogP) is 1.53. The highest BCUT2D eigenvalue weighted by Gasteiger charge is 2.34. The van der Waals surface area contributed by atoms with Gasteiger partial charge < -0.3 is 18.8 Å². The summed E-state index contributed by atoms with van der Waals surface area (Å²) in [4.78, 5) is 35.6. The Bertz CT molecular complexity index is 667. The molecule has 0 saturated carbocycles. The number of aromatic nitrogens is 1. The Hall–Kier alpha value is -2.57. The molecule has 0 saturated heterocycles. The van der Waals surface area contributed by atoms with Crippen molar-refractivity contribution in [1.29, 1.82) is 0 Å². The van der Waals surface area contributed by atoms with Crippen molar-refractivity contribution >= 4 is 17.7 Å². The Morgan fingerprint density at radius 1 is 1.29 bits per heavy atom. The summed E-state index contributed by atoms with van der Waals surface area (Å²) in [5.74, 6) is -0.756. The molecule has 0 aliphatic heterocycles. The molecule has 0 atom stereocenters. The van der Waals surface area contributed by atoms with Crippen molar-refractivity contribution in [3.63, 3.8) is 0 Å². The maximum absolute atomic E-state index is 12.4. The van der Waals surface area contributed by atoms with Gasteiger partial charge in [0.1, 0.15) is 12.3 Å². The van der Waals surface area contributed by atoms with Gasteiger partial charge in [0.2, 0.25) is 11.6 Å². The minimum atomic E-state index is -0.857. The average Bonchev–Trinajstić information content (AvgIpc) is 2.73. The number of allylic oxidation sites excluding steroid dienone is 2. The van der Waals surface area contributed by atoms with Gasteiger partial charge in [0, 0.05) is 24.4 Å². The number of nitrogens with zero attached hydrogens (tertiary/aromatic N) is 1. The number of ether oxygens (including phenoxy) is 3. The summed E-state index contributed by atoms with van der Waals surface area (Å²) >= 11 is 0. The number of Topliss-reactive ketones (excluding diaryl/α,β-unsaturated/α-hetero) is 1. The van der Waals surface area contributed by atoms with Gasteiger partial charge in [-0.3, -0.25) is 9.59 Å². The van der Waals surface area contributed by atoms with Gasteiger partial charge >= 0.3 is 6.16 Å². The van der Waals surface area contributed by atoms with Crippen LogP contribution in [0.3, 0.4) is 0 Å². The highest BCUT2D eigenvalue weighted by molar-refractivity contribution is 6.24. The molecule has 1 aliphatic carbocycles. The summed E-state index contributed by atoms with van der Waals surface area (Å²) in [6.45, 7) is 1.58. The third-order valence-electron chi connectivity index (χ3n) is 3.48. The minimum absolute atomic E-state index is 0.0302. The van der Waals surface area contributed by atoms with Crippen LogP contribution in [0.25, 0.3) is 0 Å². The molecular weight excluding hydrogens is 278 g/mol. The Morgan fingerprint density at radius 2 is 1.95 bits per heavy atom. The lowest BCUT2D eigenvalue weighted by atomic mass is 9.96. The average molecular weight is 293 g/mol. The molecule has 1 aromatic heterocycles. The highest BCUT2D eigenvalue weighted by Crippen LogP contribution is 2.29. The van der Waals surface area contributed by atoms with Crippen molar-refractivity contribution < 1.29 is 28.6 Å². The van der Waals surface area contributed by atoms with E-state index in [0.29, 0.717) is 11.3 Å². The number of carbonyl (C=O) groups excluding carboxylic acids is 3. The zero-order valence-electron chi connectivity index (χ0n) is 12.2. The van der Waals surface area contributed by atoms with Crippen molar-refractivity contribution in [3.8, 4) is 0 Å². The number of ketones is 2. The fourth-order valence-electron chi connectivity index (χ4n) is 2.29. The number of hydrogen-bond acceptors (Lipinski definition) is 6. The predicted molar refractivity (Wildman–Crippen MR) is 71.1 cm³/mol. The molecule has 1 heterocycles. The lowest BCUT2D eigenvalue weighted by Gasteiger charge is -2.13. The van der Waals surface area contributed by atoms with E-state index in [4.69, 9.17) is 9.47 Å². The quantitative estimate of drug-likeness (QED) is 0.786. The third kappa shape index (κ3) is 2.31. The van der Waals surface area contributed by atoms with E-state index in [1.807, 2.05) is 0 Å². The van der Waals surface area contributed by atoms with Gasteiger partial charge in [0.25, 0.3) is 0 Å². The topological polar surface area (TPSA) is 83.8 Å². The molecule has 0 amide bonds. The molecule has 0 aromatic carbocycles. The summed E-state index contributed by atoms with van der Waals surface area (Å²) in [7, 11) is 4.19. The molecule has 7 heteroatoms. The molecule has 2 rings (SSSR count). The SMILES string of the molecule is COC(=O)OCc1c2c(n(C)c1C)C(=O)C=C(OC)C2=O. The van der Waals surface area contributed by atoms with Crippen LogP contribution in [0.2, 0.25) is 0 Å². The van der Waals surface area contributed by atoms with Gasteiger partial charge in [0.15, 0.2) is 5.76 Å². The van der Waals surface area contributed by atoms with Crippen LogP contribution < -0.4 is 0 Å². The summed E-state index contributed by atoms with van der Waals surface area (Å²) in [5, 5.41) is 0. The zero-order chi connectivity index (χ0) is 15.7.